The van der Waals surface area contributed by atoms with Crippen LogP contribution in [0.25, 0.3) is 0 Å². The molecule has 5 nitrogen and oxygen atoms in total. The number of sulfone groups is 1. The number of anilines is 1. The maximum absolute atomic E-state index is 11.7. The highest BCUT2D eigenvalue weighted by atomic mass is 79.9. The van der Waals surface area contributed by atoms with Gasteiger partial charge >= 0.3 is 0 Å². The van der Waals surface area contributed by atoms with E-state index in [1.54, 1.807) is 18.2 Å². The summed E-state index contributed by atoms with van der Waals surface area (Å²) in [6.07, 6.45) is 1.00. The number of hydrogen-bond acceptors (Lipinski definition) is 4. The monoisotopic (exact) mass is 355 g/mol. The van der Waals surface area contributed by atoms with Gasteiger partial charge in [0.2, 0.25) is 10.0 Å². The molecule has 0 fully saturated rings. The van der Waals surface area contributed by atoms with Gasteiger partial charge in [-0.3, -0.25) is 4.72 Å². The van der Waals surface area contributed by atoms with Gasteiger partial charge < -0.3 is 0 Å². The molecule has 0 radical (unpaired) electrons. The molecule has 1 rings (SSSR count). The van der Waals surface area contributed by atoms with Crippen LogP contribution in [0.1, 0.15) is 5.56 Å². The van der Waals surface area contributed by atoms with Crippen molar-refractivity contribution < 1.29 is 16.8 Å². The van der Waals surface area contributed by atoms with E-state index in [1.807, 2.05) is 6.92 Å². The zero-order valence-corrected chi connectivity index (χ0v) is 13.2. The van der Waals surface area contributed by atoms with Crippen LogP contribution < -0.4 is 4.72 Å². The van der Waals surface area contributed by atoms with Gasteiger partial charge in [0.1, 0.15) is 9.84 Å². The van der Waals surface area contributed by atoms with Crippen molar-refractivity contribution in [2.45, 2.75) is 6.92 Å². The standard InChI is InChI=1S/C10H14BrNO4S2/c1-8-3-4-10(9(11)7-8)12-18(15,16)6-5-17(2,13)14/h3-4,7,12H,5-6H2,1-2H3. The Morgan fingerprint density at radius 1 is 1.17 bits per heavy atom. The SMILES string of the molecule is Cc1ccc(NS(=O)(=O)CCS(C)(=O)=O)c(Br)c1. The normalized spacial score (nSPS) is 12.4. The molecule has 1 aromatic carbocycles. The lowest BCUT2D eigenvalue weighted by Gasteiger charge is -2.09. The van der Waals surface area contributed by atoms with Gasteiger partial charge in [-0.05, 0) is 40.5 Å². The third kappa shape index (κ3) is 5.36. The summed E-state index contributed by atoms with van der Waals surface area (Å²) in [5.74, 6) is -0.849. The van der Waals surface area contributed by atoms with Gasteiger partial charge in [-0.1, -0.05) is 6.07 Å². The molecule has 8 heteroatoms. The molecule has 0 bridgehead atoms. The smallest absolute Gasteiger partial charge is 0.233 e. The number of nitrogens with one attached hydrogen (secondary N) is 1. The summed E-state index contributed by atoms with van der Waals surface area (Å²) in [4.78, 5) is 0. The van der Waals surface area contributed by atoms with Crippen molar-refractivity contribution in [2.24, 2.45) is 0 Å². The minimum atomic E-state index is -3.66. The van der Waals surface area contributed by atoms with Crippen molar-refractivity contribution in [3.05, 3.63) is 28.2 Å². The average Bonchev–Trinajstić information content (AvgIpc) is 2.19. The largest absolute Gasteiger partial charge is 0.282 e. The van der Waals surface area contributed by atoms with Crippen LogP contribution in [0.3, 0.4) is 0 Å². The molecule has 0 aliphatic rings. The molecule has 0 spiro atoms. The summed E-state index contributed by atoms with van der Waals surface area (Å²) in [6.45, 7) is 1.88. The van der Waals surface area contributed by atoms with Crippen LogP contribution in [0.5, 0.6) is 0 Å². The van der Waals surface area contributed by atoms with Gasteiger partial charge in [-0.25, -0.2) is 16.8 Å². The minimum Gasteiger partial charge on any atom is -0.282 e. The minimum absolute atomic E-state index is 0.397. The van der Waals surface area contributed by atoms with Crippen molar-refractivity contribution in [1.29, 1.82) is 0 Å². The molecular weight excluding hydrogens is 342 g/mol. The highest BCUT2D eigenvalue weighted by molar-refractivity contribution is 9.10. The fourth-order valence-electron chi connectivity index (χ4n) is 1.18. The number of hydrogen-bond donors (Lipinski definition) is 1. The Morgan fingerprint density at radius 3 is 2.28 bits per heavy atom. The van der Waals surface area contributed by atoms with Crippen molar-refractivity contribution in [3.63, 3.8) is 0 Å². The first kappa shape index (κ1) is 15.5. The summed E-state index contributed by atoms with van der Waals surface area (Å²) in [5, 5.41) is 0. The molecule has 0 unspecified atom stereocenters. The first-order chi connectivity index (χ1) is 8.09. The van der Waals surface area contributed by atoms with E-state index in [-0.39, 0.29) is 0 Å². The quantitative estimate of drug-likeness (QED) is 0.868. The molecule has 0 heterocycles. The van der Waals surface area contributed by atoms with Gasteiger partial charge in [0.25, 0.3) is 0 Å². The molecule has 0 amide bonds. The molecular formula is C10H14BrNO4S2. The van der Waals surface area contributed by atoms with Gasteiger partial charge in [-0.2, -0.15) is 0 Å². The van der Waals surface area contributed by atoms with Crippen LogP contribution in [0, 0.1) is 6.92 Å². The van der Waals surface area contributed by atoms with Crippen molar-refractivity contribution in [1.82, 2.24) is 0 Å². The second kappa shape index (κ2) is 5.58. The fraction of sp³-hybridized carbons (Fsp3) is 0.400. The zero-order chi connectivity index (χ0) is 14.0. The van der Waals surface area contributed by atoms with Crippen LogP contribution in [-0.4, -0.2) is 34.6 Å². The van der Waals surface area contributed by atoms with Crippen LogP contribution in [0.2, 0.25) is 0 Å². The molecule has 102 valence electrons. The van der Waals surface area contributed by atoms with Gasteiger partial charge in [-0.15, -0.1) is 0 Å². The predicted molar refractivity (Wildman–Crippen MR) is 76.0 cm³/mol. The average molecular weight is 356 g/mol. The van der Waals surface area contributed by atoms with Crippen molar-refractivity contribution in [3.8, 4) is 0 Å². The van der Waals surface area contributed by atoms with Crippen molar-refractivity contribution in [2.75, 3.05) is 22.5 Å². The summed E-state index contributed by atoms with van der Waals surface area (Å²) in [7, 11) is -6.96. The van der Waals surface area contributed by atoms with Crippen LogP contribution >= 0.6 is 15.9 Å². The Kier molecular flexibility index (Phi) is 4.79. The highest BCUT2D eigenvalue weighted by Crippen LogP contribution is 2.24. The van der Waals surface area contributed by atoms with E-state index in [9.17, 15) is 16.8 Å². The lowest BCUT2D eigenvalue weighted by molar-refractivity contribution is 0.593. The molecule has 0 atom stereocenters. The second-order valence-electron chi connectivity index (χ2n) is 4.03. The lowest BCUT2D eigenvalue weighted by Crippen LogP contribution is -2.22. The van der Waals surface area contributed by atoms with Crippen molar-refractivity contribution >= 4 is 41.5 Å². The van der Waals surface area contributed by atoms with E-state index < -0.39 is 31.4 Å². The molecule has 0 saturated heterocycles. The third-order valence-electron chi connectivity index (χ3n) is 2.11. The van der Waals surface area contributed by atoms with Gasteiger partial charge in [0.05, 0.1) is 17.2 Å². The summed E-state index contributed by atoms with van der Waals surface area (Å²) in [6, 6.07) is 5.16. The first-order valence-electron chi connectivity index (χ1n) is 5.03. The van der Waals surface area contributed by atoms with E-state index in [0.29, 0.717) is 10.2 Å². The maximum atomic E-state index is 11.7. The number of sulfonamides is 1. The maximum Gasteiger partial charge on any atom is 0.233 e. The summed E-state index contributed by atoms with van der Waals surface area (Å²) >= 11 is 3.25. The number of halogens is 1. The lowest BCUT2D eigenvalue weighted by atomic mass is 10.2. The highest BCUT2D eigenvalue weighted by Gasteiger charge is 2.15. The van der Waals surface area contributed by atoms with Crippen LogP contribution in [0.15, 0.2) is 22.7 Å². The molecule has 0 aromatic heterocycles. The molecule has 18 heavy (non-hydrogen) atoms. The van der Waals surface area contributed by atoms with E-state index in [4.69, 9.17) is 0 Å². The third-order valence-corrected chi connectivity index (χ3v) is 5.25. The van der Waals surface area contributed by atoms with Crippen LogP contribution in [-0.2, 0) is 19.9 Å². The van der Waals surface area contributed by atoms with E-state index in [0.717, 1.165) is 11.8 Å². The predicted octanol–water partition coefficient (Wildman–Crippen LogP) is 1.54. The molecule has 0 aliphatic heterocycles. The fourth-order valence-corrected chi connectivity index (χ4v) is 4.61. The number of benzene rings is 1. The molecule has 1 aromatic rings. The Bertz CT molecular complexity index is 638. The summed E-state index contributed by atoms with van der Waals surface area (Å²) < 4.78 is 48.2. The topological polar surface area (TPSA) is 80.3 Å². The summed E-state index contributed by atoms with van der Waals surface area (Å²) in [5.41, 5.74) is 1.38. The Labute approximate surface area is 116 Å². The van der Waals surface area contributed by atoms with Gasteiger partial charge in [0.15, 0.2) is 0 Å². The first-order valence-corrected chi connectivity index (χ1v) is 9.54. The number of aryl methyl sites for hydroxylation is 1. The van der Waals surface area contributed by atoms with Gasteiger partial charge in [0, 0.05) is 10.7 Å². The Morgan fingerprint density at radius 2 is 1.78 bits per heavy atom. The number of rotatable bonds is 5. The molecule has 0 saturated carbocycles. The van der Waals surface area contributed by atoms with E-state index in [1.165, 1.54) is 0 Å². The second-order valence-corrected chi connectivity index (χ2v) is 8.99. The van der Waals surface area contributed by atoms with E-state index in [2.05, 4.69) is 20.7 Å². The zero-order valence-electron chi connectivity index (χ0n) is 9.97. The molecule has 1 N–H and O–H groups in total. The Hall–Kier alpha value is -0.600. The van der Waals surface area contributed by atoms with Crippen LogP contribution in [0.4, 0.5) is 5.69 Å². The Balaban J connectivity index is 2.83. The van der Waals surface area contributed by atoms with E-state index >= 15 is 0 Å². The molecule has 0 aliphatic carbocycles.